The van der Waals surface area contributed by atoms with Crippen molar-refractivity contribution >= 4 is 28.9 Å². The first kappa shape index (κ1) is 12.9. The molecule has 0 amide bonds. The monoisotopic (exact) mass is 283 g/mol. The van der Waals surface area contributed by atoms with E-state index >= 15 is 0 Å². The molecule has 94 valence electrons. The summed E-state index contributed by atoms with van der Waals surface area (Å²) in [5.41, 5.74) is 1.63. The summed E-state index contributed by atoms with van der Waals surface area (Å²) in [6, 6.07) is 5.48. The van der Waals surface area contributed by atoms with Crippen LogP contribution in [-0.2, 0) is 6.61 Å². The van der Waals surface area contributed by atoms with E-state index in [9.17, 15) is 4.79 Å². The molecule has 0 fully saturated rings. The lowest BCUT2D eigenvalue weighted by Gasteiger charge is -2.06. The Balaban J connectivity index is 2.04. The van der Waals surface area contributed by atoms with Gasteiger partial charge in [-0.2, -0.15) is 0 Å². The molecule has 6 heteroatoms. The van der Waals surface area contributed by atoms with Gasteiger partial charge in [0, 0.05) is 5.38 Å². The summed E-state index contributed by atoms with van der Waals surface area (Å²) in [5.74, 6) is -0.466. The molecule has 0 aliphatic rings. The first-order valence-corrected chi connectivity index (χ1v) is 6.38. The standard InChI is InChI=1S/C12H10ClNO3S/c1-7-2-3-10(9(13)4-7)17-5-8-6-18-11(14-8)12(15)16/h2-4,6H,5H2,1H3,(H,15,16). The summed E-state index contributed by atoms with van der Waals surface area (Å²) >= 11 is 7.09. The lowest BCUT2D eigenvalue weighted by Crippen LogP contribution is -1.99. The van der Waals surface area contributed by atoms with Crippen molar-refractivity contribution < 1.29 is 14.6 Å². The number of aromatic carboxylic acids is 1. The molecule has 0 spiro atoms. The number of thiazole rings is 1. The van der Waals surface area contributed by atoms with Crippen molar-refractivity contribution in [1.29, 1.82) is 0 Å². The van der Waals surface area contributed by atoms with E-state index in [1.165, 1.54) is 0 Å². The summed E-state index contributed by atoms with van der Waals surface area (Å²) in [7, 11) is 0. The van der Waals surface area contributed by atoms with Crippen LogP contribution in [0.3, 0.4) is 0 Å². The molecule has 2 aromatic rings. The van der Waals surface area contributed by atoms with E-state index < -0.39 is 5.97 Å². The van der Waals surface area contributed by atoms with Gasteiger partial charge < -0.3 is 9.84 Å². The van der Waals surface area contributed by atoms with Gasteiger partial charge in [-0.15, -0.1) is 11.3 Å². The highest BCUT2D eigenvalue weighted by molar-refractivity contribution is 7.11. The summed E-state index contributed by atoms with van der Waals surface area (Å²) in [6.45, 7) is 2.14. The summed E-state index contributed by atoms with van der Waals surface area (Å²) in [6.07, 6.45) is 0. The zero-order chi connectivity index (χ0) is 13.1. The number of ether oxygens (including phenoxy) is 1. The van der Waals surface area contributed by atoms with Gasteiger partial charge in [0.2, 0.25) is 5.01 Å². The number of hydrogen-bond donors (Lipinski definition) is 1. The smallest absolute Gasteiger partial charge is 0.365 e. The van der Waals surface area contributed by atoms with Crippen LogP contribution in [0.1, 0.15) is 21.1 Å². The number of carboxylic acid groups (broad SMARTS) is 1. The van der Waals surface area contributed by atoms with Gasteiger partial charge in [0.05, 0.1) is 10.7 Å². The molecule has 1 aromatic heterocycles. The van der Waals surface area contributed by atoms with Gasteiger partial charge in [-0.1, -0.05) is 17.7 Å². The second-order valence-corrected chi connectivity index (χ2v) is 4.94. The van der Waals surface area contributed by atoms with E-state index in [2.05, 4.69) is 4.98 Å². The van der Waals surface area contributed by atoms with Crippen LogP contribution in [0.25, 0.3) is 0 Å². The molecule has 0 saturated heterocycles. The fourth-order valence-corrected chi connectivity index (χ4v) is 2.27. The van der Waals surface area contributed by atoms with E-state index in [0.29, 0.717) is 16.5 Å². The van der Waals surface area contributed by atoms with Crippen LogP contribution in [0, 0.1) is 6.92 Å². The normalized spacial score (nSPS) is 10.3. The van der Waals surface area contributed by atoms with Crippen LogP contribution in [0.4, 0.5) is 0 Å². The minimum atomic E-state index is -1.03. The van der Waals surface area contributed by atoms with E-state index in [4.69, 9.17) is 21.4 Å². The van der Waals surface area contributed by atoms with Crippen LogP contribution in [0.2, 0.25) is 5.02 Å². The van der Waals surface area contributed by atoms with Crippen LogP contribution in [0.5, 0.6) is 5.75 Å². The maximum absolute atomic E-state index is 10.7. The molecule has 1 heterocycles. The molecular weight excluding hydrogens is 274 g/mol. The van der Waals surface area contributed by atoms with Gasteiger partial charge in [-0.3, -0.25) is 0 Å². The van der Waals surface area contributed by atoms with E-state index in [-0.39, 0.29) is 11.6 Å². The zero-order valence-electron chi connectivity index (χ0n) is 9.51. The molecule has 0 aliphatic carbocycles. The minimum Gasteiger partial charge on any atom is -0.486 e. The van der Waals surface area contributed by atoms with Crippen LogP contribution < -0.4 is 4.74 Å². The van der Waals surface area contributed by atoms with Crippen molar-refractivity contribution in [3.8, 4) is 5.75 Å². The van der Waals surface area contributed by atoms with Crippen molar-refractivity contribution in [3.05, 3.63) is 44.9 Å². The van der Waals surface area contributed by atoms with Gasteiger partial charge in [0.15, 0.2) is 0 Å². The molecule has 1 aromatic carbocycles. The molecule has 4 nitrogen and oxygen atoms in total. The Bertz CT molecular complexity index is 582. The van der Waals surface area contributed by atoms with Crippen molar-refractivity contribution in [3.63, 3.8) is 0 Å². The van der Waals surface area contributed by atoms with E-state index in [0.717, 1.165) is 16.9 Å². The second-order valence-electron chi connectivity index (χ2n) is 3.67. The molecular formula is C12H10ClNO3S. The third-order valence-corrected chi connectivity index (χ3v) is 3.37. The first-order valence-electron chi connectivity index (χ1n) is 5.13. The first-order chi connectivity index (χ1) is 8.56. The lowest BCUT2D eigenvalue weighted by molar-refractivity contribution is 0.0696. The topological polar surface area (TPSA) is 59.4 Å². The van der Waals surface area contributed by atoms with Gasteiger partial charge in [-0.25, -0.2) is 9.78 Å². The van der Waals surface area contributed by atoms with Crippen molar-refractivity contribution in [2.75, 3.05) is 0 Å². The number of halogens is 1. The number of benzene rings is 1. The summed E-state index contributed by atoms with van der Waals surface area (Å²) in [5, 5.41) is 11.0. The molecule has 18 heavy (non-hydrogen) atoms. The highest BCUT2D eigenvalue weighted by atomic mass is 35.5. The molecule has 0 saturated carbocycles. The fraction of sp³-hybridized carbons (Fsp3) is 0.167. The van der Waals surface area contributed by atoms with Gasteiger partial charge >= 0.3 is 5.97 Å². The SMILES string of the molecule is Cc1ccc(OCc2csc(C(=O)O)n2)c(Cl)c1. The number of hydrogen-bond acceptors (Lipinski definition) is 4. The van der Waals surface area contributed by atoms with Crippen LogP contribution in [0.15, 0.2) is 23.6 Å². The third-order valence-electron chi connectivity index (χ3n) is 2.20. The number of carboxylic acids is 1. The number of nitrogens with zero attached hydrogens (tertiary/aromatic N) is 1. The minimum absolute atomic E-state index is 0.0589. The molecule has 2 rings (SSSR count). The maximum atomic E-state index is 10.7. The maximum Gasteiger partial charge on any atom is 0.365 e. The highest BCUT2D eigenvalue weighted by Crippen LogP contribution is 2.26. The average molecular weight is 284 g/mol. The van der Waals surface area contributed by atoms with Gasteiger partial charge in [-0.05, 0) is 24.6 Å². The Morgan fingerprint density at radius 3 is 2.94 bits per heavy atom. The van der Waals surface area contributed by atoms with E-state index in [1.54, 1.807) is 17.5 Å². The Morgan fingerprint density at radius 2 is 2.33 bits per heavy atom. The molecule has 0 atom stereocenters. The molecule has 0 radical (unpaired) electrons. The molecule has 0 unspecified atom stereocenters. The number of aromatic nitrogens is 1. The molecule has 1 N–H and O–H groups in total. The Kier molecular flexibility index (Phi) is 3.84. The lowest BCUT2D eigenvalue weighted by atomic mass is 10.2. The largest absolute Gasteiger partial charge is 0.486 e. The van der Waals surface area contributed by atoms with Gasteiger partial charge in [0.1, 0.15) is 12.4 Å². The van der Waals surface area contributed by atoms with Crippen LogP contribution in [-0.4, -0.2) is 16.1 Å². The molecule has 0 bridgehead atoms. The second kappa shape index (κ2) is 5.37. The van der Waals surface area contributed by atoms with Crippen molar-refractivity contribution in [1.82, 2.24) is 4.98 Å². The number of carbonyl (C=O) groups is 1. The van der Waals surface area contributed by atoms with Crippen molar-refractivity contribution in [2.24, 2.45) is 0 Å². The number of aryl methyl sites for hydroxylation is 1. The average Bonchev–Trinajstić information content (AvgIpc) is 2.76. The quantitative estimate of drug-likeness (QED) is 0.934. The van der Waals surface area contributed by atoms with Gasteiger partial charge in [0.25, 0.3) is 0 Å². The fourth-order valence-electron chi connectivity index (χ4n) is 1.35. The number of rotatable bonds is 4. The summed E-state index contributed by atoms with van der Waals surface area (Å²) < 4.78 is 5.49. The highest BCUT2D eigenvalue weighted by Gasteiger charge is 2.09. The predicted octanol–water partition coefficient (Wildman–Crippen LogP) is 3.38. The van der Waals surface area contributed by atoms with E-state index in [1.807, 2.05) is 13.0 Å². The van der Waals surface area contributed by atoms with Crippen molar-refractivity contribution in [2.45, 2.75) is 13.5 Å². The Labute approximate surface area is 113 Å². The third kappa shape index (κ3) is 3.00. The summed E-state index contributed by atoms with van der Waals surface area (Å²) in [4.78, 5) is 14.6. The zero-order valence-corrected chi connectivity index (χ0v) is 11.1. The molecule has 0 aliphatic heterocycles. The van der Waals surface area contributed by atoms with Crippen LogP contribution >= 0.6 is 22.9 Å². The Morgan fingerprint density at radius 1 is 1.56 bits per heavy atom. The predicted molar refractivity (Wildman–Crippen MR) is 69.6 cm³/mol. The Hall–Kier alpha value is -1.59.